The average molecular weight is 163 g/mol. The van der Waals surface area contributed by atoms with Gasteiger partial charge < -0.3 is 10.1 Å². The summed E-state index contributed by atoms with van der Waals surface area (Å²) in [5.74, 6) is 0. The van der Waals surface area contributed by atoms with Gasteiger partial charge in [0.25, 0.3) is 0 Å². The summed E-state index contributed by atoms with van der Waals surface area (Å²) in [6.45, 7) is 1.90. The zero-order valence-electron chi connectivity index (χ0n) is 6.70. The van der Waals surface area contributed by atoms with Gasteiger partial charge in [0.05, 0.1) is 12.3 Å². The van der Waals surface area contributed by atoms with Crippen LogP contribution in [0.3, 0.4) is 0 Å². The average Bonchev–Trinajstić information content (AvgIpc) is 2.44. The Morgan fingerprint density at radius 3 is 3.08 bits per heavy atom. The summed E-state index contributed by atoms with van der Waals surface area (Å²) in [5, 5.41) is 9.84. The number of aromatic nitrogens is 3. The van der Waals surface area contributed by atoms with E-state index in [0.29, 0.717) is 5.69 Å². The Kier molecular flexibility index (Phi) is 1.55. The molecule has 0 amide bonds. The van der Waals surface area contributed by atoms with E-state index in [1.54, 1.807) is 0 Å². The Morgan fingerprint density at radius 2 is 2.33 bits per heavy atom. The number of fused-ring (bicyclic) bond motifs is 1. The second kappa shape index (κ2) is 2.57. The van der Waals surface area contributed by atoms with Crippen molar-refractivity contribution in [3.05, 3.63) is 23.8 Å². The standard InChI is InChI=1S/C8H9N3O/c1-5-2-6-7(3-12)9-4-10-8(6)11-5/h2,4,12H,3H2,1H3,(H,9,10,11). The number of hydrogen-bond acceptors (Lipinski definition) is 3. The van der Waals surface area contributed by atoms with Gasteiger partial charge in [-0.2, -0.15) is 0 Å². The molecule has 2 rings (SSSR count). The van der Waals surface area contributed by atoms with E-state index in [4.69, 9.17) is 5.11 Å². The minimum Gasteiger partial charge on any atom is -0.390 e. The van der Waals surface area contributed by atoms with Crippen molar-refractivity contribution in [2.24, 2.45) is 0 Å². The van der Waals surface area contributed by atoms with E-state index in [2.05, 4.69) is 15.0 Å². The number of nitrogens with one attached hydrogen (secondary N) is 1. The van der Waals surface area contributed by atoms with Crippen molar-refractivity contribution >= 4 is 11.0 Å². The van der Waals surface area contributed by atoms with Crippen LogP contribution in [-0.2, 0) is 6.61 Å². The molecular weight excluding hydrogens is 154 g/mol. The lowest BCUT2D eigenvalue weighted by Gasteiger charge is -1.94. The molecule has 0 radical (unpaired) electrons. The molecular formula is C8H9N3O. The quantitative estimate of drug-likeness (QED) is 0.652. The predicted molar refractivity (Wildman–Crippen MR) is 44.5 cm³/mol. The van der Waals surface area contributed by atoms with Crippen LogP contribution < -0.4 is 0 Å². The fourth-order valence-corrected chi connectivity index (χ4v) is 1.25. The molecule has 0 aliphatic carbocycles. The van der Waals surface area contributed by atoms with Crippen molar-refractivity contribution in [1.29, 1.82) is 0 Å². The van der Waals surface area contributed by atoms with Crippen LogP contribution in [0.5, 0.6) is 0 Å². The first-order valence-corrected chi connectivity index (χ1v) is 3.71. The lowest BCUT2D eigenvalue weighted by atomic mass is 10.3. The summed E-state index contributed by atoms with van der Waals surface area (Å²) in [6.07, 6.45) is 1.45. The number of nitrogens with zero attached hydrogens (tertiary/aromatic N) is 2. The molecule has 2 N–H and O–H groups in total. The number of hydrogen-bond donors (Lipinski definition) is 2. The summed E-state index contributed by atoms with van der Waals surface area (Å²) >= 11 is 0. The third kappa shape index (κ3) is 0.967. The first-order chi connectivity index (χ1) is 5.81. The number of aliphatic hydroxyl groups is 1. The number of rotatable bonds is 1. The van der Waals surface area contributed by atoms with Crippen molar-refractivity contribution in [1.82, 2.24) is 15.0 Å². The fraction of sp³-hybridized carbons (Fsp3) is 0.250. The van der Waals surface area contributed by atoms with Crippen LogP contribution in [0.4, 0.5) is 0 Å². The van der Waals surface area contributed by atoms with Gasteiger partial charge in [-0.25, -0.2) is 9.97 Å². The van der Waals surface area contributed by atoms with E-state index in [9.17, 15) is 0 Å². The molecule has 2 aromatic rings. The van der Waals surface area contributed by atoms with Gasteiger partial charge in [-0.1, -0.05) is 0 Å². The highest BCUT2D eigenvalue weighted by Gasteiger charge is 2.03. The normalized spacial score (nSPS) is 10.8. The van der Waals surface area contributed by atoms with Crippen LogP contribution in [0, 0.1) is 6.92 Å². The zero-order chi connectivity index (χ0) is 8.55. The molecule has 4 nitrogen and oxygen atoms in total. The van der Waals surface area contributed by atoms with Gasteiger partial charge in [-0.3, -0.25) is 0 Å². The van der Waals surface area contributed by atoms with Gasteiger partial charge >= 0.3 is 0 Å². The Balaban J connectivity index is 2.78. The van der Waals surface area contributed by atoms with Gasteiger partial charge in [0.2, 0.25) is 0 Å². The fourth-order valence-electron chi connectivity index (χ4n) is 1.25. The largest absolute Gasteiger partial charge is 0.390 e. The lowest BCUT2D eigenvalue weighted by molar-refractivity contribution is 0.278. The molecule has 4 heteroatoms. The summed E-state index contributed by atoms with van der Waals surface area (Å²) in [4.78, 5) is 11.1. The zero-order valence-corrected chi connectivity index (χ0v) is 6.70. The maximum absolute atomic E-state index is 8.94. The second-order valence-corrected chi connectivity index (χ2v) is 2.69. The number of H-pyrrole nitrogens is 1. The van der Waals surface area contributed by atoms with Crippen LogP contribution in [-0.4, -0.2) is 20.1 Å². The van der Waals surface area contributed by atoms with E-state index in [1.165, 1.54) is 6.33 Å². The van der Waals surface area contributed by atoms with Crippen molar-refractivity contribution in [3.63, 3.8) is 0 Å². The molecule has 0 saturated carbocycles. The summed E-state index contributed by atoms with van der Waals surface area (Å²) < 4.78 is 0. The highest BCUT2D eigenvalue weighted by molar-refractivity contribution is 5.78. The molecule has 0 saturated heterocycles. The van der Waals surface area contributed by atoms with Crippen LogP contribution >= 0.6 is 0 Å². The van der Waals surface area contributed by atoms with Crippen LogP contribution in [0.1, 0.15) is 11.4 Å². The molecule has 2 heterocycles. The second-order valence-electron chi connectivity index (χ2n) is 2.69. The molecule has 0 aliphatic rings. The molecule has 0 aromatic carbocycles. The van der Waals surface area contributed by atoms with Crippen molar-refractivity contribution in [2.45, 2.75) is 13.5 Å². The maximum Gasteiger partial charge on any atom is 0.141 e. The highest BCUT2D eigenvalue weighted by Crippen LogP contribution is 2.14. The third-order valence-electron chi connectivity index (χ3n) is 1.79. The van der Waals surface area contributed by atoms with E-state index < -0.39 is 0 Å². The van der Waals surface area contributed by atoms with Crippen molar-refractivity contribution in [3.8, 4) is 0 Å². The lowest BCUT2D eigenvalue weighted by Crippen LogP contribution is -1.90. The van der Waals surface area contributed by atoms with Crippen molar-refractivity contribution in [2.75, 3.05) is 0 Å². The number of aromatic amines is 1. The van der Waals surface area contributed by atoms with E-state index >= 15 is 0 Å². The Bertz CT molecular complexity index is 408. The van der Waals surface area contributed by atoms with Crippen molar-refractivity contribution < 1.29 is 5.11 Å². The Labute approximate surface area is 69.3 Å². The van der Waals surface area contributed by atoms with Crippen LogP contribution in [0.15, 0.2) is 12.4 Å². The predicted octanol–water partition coefficient (Wildman–Crippen LogP) is 0.759. The molecule has 0 spiro atoms. The SMILES string of the molecule is Cc1cc2c(CO)ncnc2[nH]1. The van der Waals surface area contributed by atoms with E-state index in [-0.39, 0.29) is 6.61 Å². The summed E-state index contributed by atoms with van der Waals surface area (Å²) in [7, 11) is 0. The van der Waals surface area contributed by atoms with Gasteiger partial charge in [0.15, 0.2) is 0 Å². The van der Waals surface area contributed by atoms with E-state index in [0.717, 1.165) is 16.7 Å². The Morgan fingerprint density at radius 1 is 1.50 bits per heavy atom. The summed E-state index contributed by atoms with van der Waals surface area (Å²) in [5.41, 5.74) is 2.48. The molecule has 0 bridgehead atoms. The van der Waals surface area contributed by atoms with Gasteiger partial charge in [0.1, 0.15) is 12.0 Å². The summed E-state index contributed by atoms with van der Waals surface area (Å²) in [6, 6.07) is 1.93. The molecule has 0 atom stereocenters. The minimum absolute atomic E-state index is 0.0453. The molecule has 0 unspecified atom stereocenters. The molecule has 0 fully saturated rings. The third-order valence-corrected chi connectivity index (χ3v) is 1.79. The van der Waals surface area contributed by atoms with Gasteiger partial charge in [0, 0.05) is 11.1 Å². The molecule has 0 aliphatic heterocycles. The maximum atomic E-state index is 8.94. The first kappa shape index (κ1) is 7.24. The Hall–Kier alpha value is -1.42. The van der Waals surface area contributed by atoms with Crippen LogP contribution in [0.25, 0.3) is 11.0 Å². The van der Waals surface area contributed by atoms with Gasteiger partial charge in [-0.05, 0) is 13.0 Å². The number of aryl methyl sites for hydroxylation is 1. The minimum atomic E-state index is -0.0453. The highest BCUT2D eigenvalue weighted by atomic mass is 16.3. The first-order valence-electron chi connectivity index (χ1n) is 3.71. The van der Waals surface area contributed by atoms with Gasteiger partial charge in [-0.15, -0.1) is 0 Å². The monoisotopic (exact) mass is 163 g/mol. The molecule has 2 aromatic heterocycles. The smallest absolute Gasteiger partial charge is 0.141 e. The topological polar surface area (TPSA) is 61.8 Å². The number of aliphatic hydroxyl groups excluding tert-OH is 1. The molecule has 12 heavy (non-hydrogen) atoms. The molecule has 62 valence electrons. The van der Waals surface area contributed by atoms with Crippen LogP contribution in [0.2, 0.25) is 0 Å². The van der Waals surface area contributed by atoms with E-state index in [1.807, 2.05) is 13.0 Å².